The highest BCUT2D eigenvalue weighted by Gasteiger charge is 2.17. The Labute approximate surface area is 142 Å². The van der Waals surface area contributed by atoms with Gasteiger partial charge in [-0.25, -0.2) is 0 Å². The minimum absolute atomic E-state index is 0.0801. The molecule has 1 aliphatic heterocycles. The number of hydrogen-bond donors (Lipinski definition) is 1. The fourth-order valence-electron chi connectivity index (χ4n) is 3.00. The summed E-state index contributed by atoms with van der Waals surface area (Å²) in [5.74, 6) is 0.559. The van der Waals surface area contributed by atoms with Gasteiger partial charge < -0.3 is 14.8 Å². The zero-order valence-electron chi connectivity index (χ0n) is 14.1. The van der Waals surface area contributed by atoms with Crippen molar-refractivity contribution in [3.05, 3.63) is 42.0 Å². The molecule has 0 aromatic heterocycles. The lowest BCUT2D eigenvalue weighted by Crippen LogP contribution is -2.41. The highest BCUT2D eigenvalue weighted by molar-refractivity contribution is 6.09. The largest absolute Gasteiger partial charge is 0.493 e. The van der Waals surface area contributed by atoms with Crippen molar-refractivity contribution < 1.29 is 14.3 Å². The molecular weight excluding hydrogens is 304 g/mol. The maximum atomic E-state index is 12.8. The fraction of sp³-hybridized carbons (Fsp3) is 0.421. The number of hydrogen-bond acceptors (Lipinski definition) is 4. The summed E-state index contributed by atoms with van der Waals surface area (Å²) in [6.45, 7) is 7.30. The van der Waals surface area contributed by atoms with Crippen molar-refractivity contribution in [3.8, 4) is 5.75 Å². The van der Waals surface area contributed by atoms with Gasteiger partial charge in [0.2, 0.25) is 0 Å². The van der Waals surface area contributed by atoms with Crippen LogP contribution in [0.25, 0.3) is 10.8 Å². The summed E-state index contributed by atoms with van der Waals surface area (Å²) in [6.07, 6.45) is 0. The standard InChI is InChI=1S/C19H24N2O3/c1-2-24-17-8-7-15-5-3-4-6-16(15)18(17)19(22)20-9-10-21-11-13-23-14-12-21/h3-8H,2,9-14H2,1H3,(H,20,22). The number of nitrogens with one attached hydrogen (secondary N) is 1. The number of morpholine rings is 1. The van der Waals surface area contributed by atoms with Crippen LogP contribution in [0.5, 0.6) is 5.75 Å². The molecule has 0 saturated carbocycles. The predicted octanol–water partition coefficient (Wildman–Crippen LogP) is 2.30. The van der Waals surface area contributed by atoms with Crippen molar-refractivity contribution in [3.63, 3.8) is 0 Å². The first-order chi connectivity index (χ1) is 11.8. The Kier molecular flexibility index (Phi) is 5.67. The van der Waals surface area contributed by atoms with Gasteiger partial charge >= 0.3 is 0 Å². The Morgan fingerprint density at radius 2 is 2.00 bits per heavy atom. The maximum Gasteiger partial charge on any atom is 0.255 e. The third-order valence-electron chi connectivity index (χ3n) is 4.23. The highest BCUT2D eigenvalue weighted by atomic mass is 16.5. The number of nitrogens with zero attached hydrogens (tertiary/aromatic N) is 1. The molecule has 5 nitrogen and oxygen atoms in total. The van der Waals surface area contributed by atoms with Crippen LogP contribution in [0.4, 0.5) is 0 Å². The molecule has 128 valence electrons. The Bertz CT molecular complexity index is 696. The highest BCUT2D eigenvalue weighted by Crippen LogP contribution is 2.28. The quantitative estimate of drug-likeness (QED) is 0.884. The van der Waals surface area contributed by atoms with Gasteiger partial charge in [0.05, 0.1) is 25.4 Å². The van der Waals surface area contributed by atoms with Gasteiger partial charge in [-0.1, -0.05) is 30.3 Å². The summed E-state index contributed by atoms with van der Waals surface area (Å²) in [7, 11) is 0. The SMILES string of the molecule is CCOc1ccc2ccccc2c1C(=O)NCCN1CCOCC1. The first kappa shape index (κ1) is 16.7. The van der Waals surface area contributed by atoms with Crippen molar-refractivity contribution >= 4 is 16.7 Å². The van der Waals surface area contributed by atoms with Gasteiger partial charge in [-0.2, -0.15) is 0 Å². The average Bonchev–Trinajstić information content (AvgIpc) is 2.62. The lowest BCUT2D eigenvalue weighted by atomic mass is 10.0. The van der Waals surface area contributed by atoms with E-state index in [4.69, 9.17) is 9.47 Å². The third kappa shape index (κ3) is 3.86. The first-order valence-corrected chi connectivity index (χ1v) is 8.52. The van der Waals surface area contributed by atoms with Crippen LogP contribution in [0.15, 0.2) is 36.4 Å². The molecule has 2 aromatic rings. The summed E-state index contributed by atoms with van der Waals surface area (Å²) < 4.78 is 11.0. The van der Waals surface area contributed by atoms with Gasteiger partial charge in [-0.15, -0.1) is 0 Å². The van der Waals surface area contributed by atoms with Crippen LogP contribution < -0.4 is 10.1 Å². The van der Waals surface area contributed by atoms with Crippen LogP contribution in [0.3, 0.4) is 0 Å². The van der Waals surface area contributed by atoms with Gasteiger partial charge in [0.1, 0.15) is 5.75 Å². The summed E-state index contributed by atoms with van der Waals surface area (Å²) in [5, 5.41) is 5.00. The Morgan fingerprint density at radius 1 is 1.21 bits per heavy atom. The molecule has 1 aliphatic rings. The Balaban J connectivity index is 1.73. The summed E-state index contributed by atoms with van der Waals surface area (Å²) >= 11 is 0. The van der Waals surface area contributed by atoms with Crippen LogP contribution in [0.1, 0.15) is 17.3 Å². The van der Waals surface area contributed by atoms with Crippen LogP contribution in [-0.2, 0) is 4.74 Å². The molecule has 3 rings (SSSR count). The fourth-order valence-corrected chi connectivity index (χ4v) is 3.00. The Morgan fingerprint density at radius 3 is 2.79 bits per heavy atom. The molecule has 1 heterocycles. The second-order valence-corrected chi connectivity index (χ2v) is 5.80. The number of fused-ring (bicyclic) bond motifs is 1. The monoisotopic (exact) mass is 328 g/mol. The number of benzene rings is 2. The second-order valence-electron chi connectivity index (χ2n) is 5.80. The Hall–Kier alpha value is -2.11. The van der Waals surface area contributed by atoms with Crippen molar-refractivity contribution in [1.29, 1.82) is 0 Å². The van der Waals surface area contributed by atoms with Crippen LogP contribution >= 0.6 is 0 Å². The van der Waals surface area contributed by atoms with Crippen LogP contribution in [0.2, 0.25) is 0 Å². The van der Waals surface area contributed by atoms with E-state index in [1.807, 2.05) is 43.3 Å². The van der Waals surface area contributed by atoms with E-state index in [-0.39, 0.29) is 5.91 Å². The molecule has 2 aromatic carbocycles. The molecule has 1 N–H and O–H groups in total. The zero-order valence-corrected chi connectivity index (χ0v) is 14.1. The van der Waals surface area contributed by atoms with Crippen LogP contribution in [-0.4, -0.2) is 56.8 Å². The lowest BCUT2D eigenvalue weighted by molar-refractivity contribution is 0.0383. The van der Waals surface area contributed by atoms with Gasteiger partial charge in [-0.05, 0) is 23.8 Å². The molecule has 24 heavy (non-hydrogen) atoms. The van der Waals surface area contributed by atoms with E-state index in [0.717, 1.165) is 43.6 Å². The predicted molar refractivity (Wildman–Crippen MR) is 94.7 cm³/mol. The molecule has 0 bridgehead atoms. The lowest BCUT2D eigenvalue weighted by Gasteiger charge is -2.26. The molecule has 5 heteroatoms. The molecule has 1 fully saturated rings. The van der Waals surface area contributed by atoms with Crippen molar-refractivity contribution in [2.75, 3.05) is 46.0 Å². The molecule has 1 saturated heterocycles. The first-order valence-electron chi connectivity index (χ1n) is 8.52. The third-order valence-corrected chi connectivity index (χ3v) is 4.23. The number of ether oxygens (including phenoxy) is 2. The molecular formula is C19H24N2O3. The van der Waals surface area contributed by atoms with E-state index >= 15 is 0 Å². The van der Waals surface area contributed by atoms with E-state index in [2.05, 4.69) is 10.2 Å². The van der Waals surface area contributed by atoms with E-state index in [9.17, 15) is 4.79 Å². The molecule has 0 unspecified atom stereocenters. The van der Waals surface area contributed by atoms with Gasteiger partial charge in [0.25, 0.3) is 5.91 Å². The summed E-state index contributed by atoms with van der Waals surface area (Å²) in [5.41, 5.74) is 0.622. The summed E-state index contributed by atoms with van der Waals surface area (Å²) in [4.78, 5) is 15.1. The molecule has 0 atom stereocenters. The number of carbonyl (C=O) groups is 1. The van der Waals surface area contributed by atoms with E-state index < -0.39 is 0 Å². The average molecular weight is 328 g/mol. The van der Waals surface area contributed by atoms with Gasteiger partial charge in [-0.3, -0.25) is 9.69 Å². The molecule has 0 aliphatic carbocycles. The summed E-state index contributed by atoms with van der Waals surface area (Å²) in [6, 6.07) is 11.8. The van der Waals surface area contributed by atoms with Crippen molar-refractivity contribution in [1.82, 2.24) is 10.2 Å². The van der Waals surface area contributed by atoms with Crippen LogP contribution in [0, 0.1) is 0 Å². The van der Waals surface area contributed by atoms with Crippen molar-refractivity contribution in [2.45, 2.75) is 6.92 Å². The number of rotatable bonds is 6. The number of carbonyl (C=O) groups excluding carboxylic acids is 1. The van der Waals surface area contributed by atoms with Gasteiger partial charge in [0, 0.05) is 26.2 Å². The smallest absolute Gasteiger partial charge is 0.255 e. The maximum absolute atomic E-state index is 12.8. The minimum Gasteiger partial charge on any atom is -0.493 e. The zero-order chi connectivity index (χ0) is 16.8. The molecule has 1 amide bonds. The molecule has 0 spiro atoms. The normalized spacial score (nSPS) is 15.4. The molecule has 0 radical (unpaired) electrons. The minimum atomic E-state index is -0.0801. The van der Waals surface area contributed by atoms with E-state index in [0.29, 0.717) is 24.5 Å². The topological polar surface area (TPSA) is 50.8 Å². The van der Waals surface area contributed by atoms with Gasteiger partial charge in [0.15, 0.2) is 0 Å². The second kappa shape index (κ2) is 8.13. The van der Waals surface area contributed by atoms with E-state index in [1.54, 1.807) is 0 Å². The van der Waals surface area contributed by atoms with E-state index in [1.165, 1.54) is 0 Å². The number of amides is 1. The van der Waals surface area contributed by atoms with Crippen molar-refractivity contribution in [2.24, 2.45) is 0 Å².